The smallest absolute Gasteiger partial charge is 0.0992 e. The zero-order valence-electron chi connectivity index (χ0n) is 9.97. The first-order valence-electron chi connectivity index (χ1n) is 5.43. The number of halogens is 3. The first-order chi connectivity index (χ1) is 8.99. The molecule has 0 heterocycles. The summed E-state index contributed by atoms with van der Waals surface area (Å²) in [7, 11) is 0. The van der Waals surface area contributed by atoms with Crippen molar-refractivity contribution in [3.05, 3.63) is 55.4 Å². The van der Waals surface area contributed by atoms with Crippen LogP contribution in [0, 0.1) is 18.3 Å². The van der Waals surface area contributed by atoms with Gasteiger partial charge in [-0.1, -0.05) is 27.5 Å². The van der Waals surface area contributed by atoms with Crippen LogP contribution in [0.3, 0.4) is 0 Å². The molecule has 0 saturated heterocycles. The Hall–Kier alpha value is -1.02. The van der Waals surface area contributed by atoms with Gasteiger partial charge >= 0.3 is 0 Å². The van der Waals surface area contributed by atoms with Crippen molar-refractivity contribution in [2.45, 2.75) is 6.92 Å². The number of benzene rings is 2. The van der Waals surface area contributed by atoms with Gasteiger partial charge in [0.2, 0.25) is 0 Å². The summed E-state index contributed by atoms with van der Waals surface area (Å²) < 4.78 is 1.77. The maximum absolute atomic E-state index is 8.96. The van der Waals surface area contributed by atoms with Gasteiger partial charge in [-0.3, -0.25) is 0 Å². The topological polar surface area (TPSA) is 35.8 Å². The van der Waals surface area contributed by atoms with E-state index in [-0.39, 0.29) is 0 Å². The number of nitrogens with zero attached hydrogens (tertiary/aromatic N) is 1. The lowest BCUT2D eigenvalue weighted by atomic mass is 10.2. The van der Waals surface area contributed by atoms with E-state index in [1.165, 1.54) is 0 Å². The monoisotopic (exact) mass is 398 g/mol. The molecular formula is C14H9Br2ClN2. The summed E-state index contributed by atoms with van der Waals surface area (Å²) >= 11 is 13.0. The van der Waals surface area contributed by atoms with Gasteiger partial charge in [-0.05, 0) is 58.7 Å². The van der Waals surface area contributed by atoms with Crippen molar-refractivity contribution >= 4 is 54.8 Å². The van der Waals surface area contributed by atoms with Gasteiger partial charge in [0, 0.05) is 19.7 Å². The third-order valence-corrected chi connectivity index (χ3v) is 4.08. The van der Waals surface area contributed by atoms with Crippen molar-refractivity contribution in [1.82, 2.24) is 0 Å². The van der Waals surface area contributed by atoms with Crippen LogP contribution in [0.5, 0.6) is 0 Å². The number of rotatable bonds is 2. The molecule has 2 rings (SSSR count). The van der Waals surface area contributed by atoms with Gasteiger partial charge in [-0.25, -0.2) is 0 Å². The van der Waals surface area contributed by atoms with Crippen molar-refractivity contribution in [3.63, 3.8) is 0 Å². The van der Waals surface area contributed by atoms with Crippen molar-refractivity contribution in [2.24, 2.45) is 0 Å². The highest BCUT2D eigenvalue weighted by atomic mass is 79.9. The van der Waals surface area contributed by atoms with Crippen molar-refractivity contribution in [3.8, 4) is 6.07 Å². The lowest BCUT2D eigenvalue weighted by Gasteiger charge is -2.11. The van der Waals surface area contributed by atoms with E-state index < -0.39 is 0 Å². The minimum atomic E-state index is 0.589. The Morgan fingerprint density at radius 2 is 1.89 bits per heavy atom. The molecule has 2 aromatic carbocycles. The third-order valence-electron chi connectivity index (χ3n) is 2.55. The van der Waals surface area contributed by atoms with Crippen molar-refractivity contribution in [1.29, 1.82) is 5.26 Å². The molecule has 0 fully saturated rings. The van der Waals surface area contributed by atoms with Crippen molar-refractivity contribution in [2.75, 3.05) is 5.32 Å². The summed E-state index contributed by atoms with van der Waals surface area (Å²) in [6.45, 7) is 1.95. The number of anilines is 2. The molecule has 0 aliphatic heterocycles. The molecule has 0 bridgehead atoms. The van der Waals surface area contributed by atoms with E-state index in [0.717, 1.165) is 25.9 Å². The molecular weight excluding hydrogens is 391 g/mol. The Labute approximate surface area is 133 Å². The predicted molar refractivity (Wildman–Crippen MR) is 86.0 cm³/mol. The molecule has 96 valence electrons. The zero-order chi connectivity index (χ0) is 14.0. The van der Waals surface area contributed by atoms with Crippen LogP contribution < -0.4 is 5.32 Å². The minimum Gasteiger partial charge on any atom is -0.354 e. The first kappa shape index (κ1) is 14.4. The number of nitriles is 1. The van der Waals surface area contributed by atoms with E-state index in [1.807, 2.05) is 25.1 Å². The maximum Gasteiger partial charge on any atom is 0.0992 e. The molecule has 0 amide bonds. The van der Waals surface area contributed by atoms with Crippen LogP contribution in [0.4, 0.5) is 11.4 Å². The van der Waals surface area contributed by atoms with Gasteiger partial charge in [-0.2, -0.15) is 5.26 Å². The summed E-state index contributed by atoms with van der Waals surface area (Å²) in [6.07, 6.45) is 0. The van der Waals surface area contributed by atoms with E-state index in [2.05, 4.69) is 43.2 Å². The lowest BCUT2D eigenvalue weighted by Crippen LogP contribution is -1.93. The highest BCUT2D eigenvalue weighted by Gasteiger charge is 2.06. The van der Waals surface area contributed by atoms with Crippen LogP contribution in [0.25, 0.3) is 0 Å². The molecule has 1 N–H and O–H groups in total. The SMILES string of the molecule is Cc1cc(Br)c(Nc2cc(Br)cc(C#N)c2)cc1Cl. The Kier molecular flexibility index (Phi) is 4.51. The molecule has 19 heavy (non-hydrogen) atoms. The number of nitrogens with one attached hydrogen (secondary N) is 1. The molecule has 5 heteroatoms. The van der Waals surface area contributed by atoms with Gasteiger partial charge < -0.3 is 5.32 Å². The van der Waals surface area contributed by atoms with Crippen LogP contribution in [0.1, 0.15) is 11.1 Å². The normalized spacial score (nSPS) is 10.1. The van der Waals surface area contributed by atoms with Gasteiger partial charge in [0.1, 0.15) is 0 Å². The molecule has 0 aliphatic rings. The Morgan fingerprint density at radius 3 is 2.58 bits per heavy atom. The van der Waals surface area contributed by atoms with E-state index in [1.54, 1.807) is 12.1 Å². The molecule has 0 saturated carbocycles. The van der Waals surface area contributed by atoms with E-state index >= 15 is 0 Å². The average molecular weight is 401 g/mol. The van der Waals surface area contributed by atoms with Crippen LogP contribution >= 0.6 is 43.5 Å². The van der Waals surface area contributed by atoms with Gasteiger partial charge in [-0.15, -0.1) is 0 Å². The molecule has 0 spiro atoms. The van der Waals surface area contributed by atoms with Crippen LogP contribution in [0.2, 0.25) is 5.02 Å². The lowest BCUT2D eigenvalue weighted by molar-refractivity contribution is 1.42. The Bertz CT molecular complexity index is 678. The van der Waals surface area contributed by atoms with Gasteiger partial charge in [0.15, 0.2) is 0 Å². The van der Waals surface area contributed by atoms with E-state index in [9.17, 15) is 0 Å². The number of hydrogen-bond acceptors (Lipinski definition) is 2. The quantitative estimate of drug-likeness (QED) is 0.693. The van der Waals surface area contributed by atoms with Crippen molar-refractivity contribution < 1.29 is 0 Å². The largest absolute Gasteiger partial charge is 0.354 e. The molecule has 0 aromatic heterocycles. The highest BCUT2D eigenvalue weighted by molar-refractivity contribution is 9.10. The van der Waals surface area contributed by atoms with Crippen LogP contribution in [0.15, 0.2) is 39.3 Å². The summed E-state index contributed by atoms with van der Waals surface area (Å²) in [5, 5.41) is 12.9. The fourth-order valence-electron chi connectivity index (χ4n) is 1.62. The van der Waals surface area contributed by atoms with Crippen LogP contribution in [-0.4, -0.2) is 0 Å². The van der Waals surface area contributed by atoms with Gasteiger partial charge in [0.05, 0.1) is 17.3 Å². The standard InChI is InChI=1S/C14H9Br2ClN2/c1-8-2-12(16)14(6-13(8)17)19-11-4-9(7-18)3-10(15)5-11/h2-6,19H,1H3. The molecule has 0 atom stereocenters. The summed E-state index contributed by atoms with van der Waals surface area (Å²) in [5.74, 6) is 0. The summed E-state index contributed by atoms with van der Waals surface area (Å²) in [5.41, 5.74) is 3.28. The second kappa shape index (κ2) is 5.96. The number of aryl methyl sites for hydroxylation is 1. The molecule has 2 aromatic rings. The highest BCUT2D eigenvalue weighted by Crippen LogP contribution is 2.32. The van der Waals surface area contributed by atoms with E-state index in [0.29, 0.717) is 10.6 Å². The summed E-state index contributed by atoms with van der Waals surface area (Å²) in [4.78, 5) is 0. The van der Waals surface area contributed by atoms with E-state index in [4.69, 9.17) is 16.9 Å². The molecule has 2 nitrogen and oxygen atoms in total. The summed E-state index contributed by atoms with van der Waals surface area (Å²) in [6, 6.07) is 11.4. The molecule has 0 aliphatic carbocycles. The first-order valence-corrected chi connectivity index (χ1v) is 7.39. The maximum atomic E-state index is 8.96. The van der Waals surface area contributed by atoms with Crippen LogP contribution in [-0.2, 0) is 0 Å². The number of hydrogen-bond donors (Lipinski definition) is 1. The van der Waals surface area contributed by atoms with Gasteiger partial charge in [0.25, 0.3) is 0 Å². The minimum absolute atomic E-state index is 0.589. The fourth-order valence-corrected chi connectivity index (χ4v) is 2.84. The second-order valence-corrected chi connectivity index (χ2v) is 6.22. The molecule has 0 radical (unpaired) electrons. The molecule has 0 unspecified atom stereocenters. The second-order valence-electron chi connectivity index (χ2n) is 4.05. The third kappa shape index (κ3) is 3.50. The Balaban J connectivity index is 2.39. The fraction of sp³-hybridized carbons (Fsp3) is 0.0714. The average Bonchev–Trinajstić information content (AvgIpc) is 2.35. The Morgan fingerprint density at radius 1 is 1.16 bits per heavy atom. The predicted octanol–water partition coefficient (Wildman–Crippen LogP) is 5.79. The zero-order valence-corrected chi connectivity index (χ0v) is 13.9.